The van der Waals surface area contributed by atoms with Gasteiger partial charge in [-0.2, -0.15) is 0 Å². The van der Waals surface area contributed by atoms with E-state index in [0.717, 1.165) is 41.0 Å². The standard InChI is InChI=1S/C21H20N2O4S/c1-12-2-5-14-8-9-16(20(25)26)10-17(14)23(12)11-13-3-6-15(7-4-13)18-19(24)22-21(27)28-18/h3-4,6-10,12,24H,2,5,11H2,1H3,(H,22,27)(H,25,26). The third-order valence-corrected chi connectivity index (χ3v) is 6.13. The van der Waals surface area contributed by atoms with Crippen molar-refractivity contribution in [1.82, 2.24) is 4.98 Å². The Balaban J connectivity index is 1.62. The highest BCUT2D eigenvalue weighted by Crippen LogP contribution is 2.34. The van der Waals surface area contributed by atoms with Crippen molar-refractivity contribution in [3.63, 3.8) is 0 Å². The molecule has 0 bridgehead atoms. The second-order valence-electron chi connectivity index (χ2n) is 7.05. The van der Waals surface area contributed by atoms with E-state index in [9.17, 15) is 19.8 Å². The fraction of sp³-hybridized carbons (Fsp3) is 0.238. The van der Waals surface area contributed by atoms with E-state index in [0.29, 0.717) is 23.0 Å². The molecule has 2 heterocycles. The number of benzene rings is 2. The molecule has 3 aromatic rings. The van der Waals surface area contributed by atoms with E-state index < -0.39 is 5.97 Å². The van der Waals surface area contributed by atoms with Crippen LogP contribution in [0.4, 0.5) is 5.69 Å². The molecule has 1 aliphatic heterocycles. The molecule has 0 aliphatic carbocycles. The van der Waals surface area contributed by atoms with Gasteiger partial charge in [-0.3, -0.25) is 9.78 Å². The van der Waals surface area contributed by atoms with Crippen LogP contribution in [0.25, 0.3) is 10.4 Å². The van der Waals surface area contributed by atoms with E-state index in [-0.39, 0.29) is 10.8 Å². The molecule has 1 aliphatic rings. The van der Waals surface area contributed by atoms with Gasteiger partial charge in [0.1, 0.15) is 0 Å². The van der Waals surface area contributed by atoms with Gasteiger partial charge >= 0.3 is 10.8 Å². The number of aromatic nitrogens is 1. The van der Waals surface area contributed by atoms with Gasteiger partial charge in [0.05, 0.1) is 10.4 Å². The molecule has 6 nitrogen and oxygen atoms in total. The first-order valence-electron chi connectivity index (χ1n) is 9.06. The van der Waals surface area contributed by atoms with Gasteiger partial charge in [-0.05, 0) is 48.6 Å². The fourth-order valence-electron chi connectivity index (χ4n) is 3.65. The van der Waals surface area contributed by atoms with Gasteiger partial charge in [-0.25, -0.2) is 4.79 Å². The molecule has 1 unspecified atom stereocenters. The number of carboxylic acid groups (broad SMARTS) is 1. The Morgan fingerprint density at radius 1 is 1.25 bits per heavy atom. The number of nitrogens with one attached hydrogen (secondary N) is 1. The van der Waals surface area contributed by atoms with Crippen LogP contribution in [-0.4, -0.2) is 27.2 Å². The molecule has 0 radical (unpaired) electrons. The van der Waals surface area contributed by atoms with Crippen molar-refractivity contribution in [2.75, 3.05) is 4.90 Å². The van der Waals surface area contributed by atoms with Gasteiger partial charge in [0.2, 0.25) is 5.88 Å². The zero-order valence-electron chi connectivity index (χ0n) is 15.3. The van der Waals surface area contributed by atoms with E-state index in [1.807, 2.05) is 30.3 Å². The molecule has 1 aromatic heterocycles. The maximum atomic E-state index is 11.4. The number of aryl methyl sites for hydroxylation is 1. The minimum absolute atomic E-state index is 0.109. The van der Waals surface area contributed by atoms with Crippen molar-refractivity contribution >= 4 is 23.0 Å². The Hall–Kier alpha value is -3.06. The van der Waals surface area contributed by atoms with Crippen LogP contribution in [0.2, 0.25) is 0 Å². The second kappa shape index (κ2) is 7.16. The number of aromatic hydroxyl groups is 1. The lowest BCUT2D eigenvalue weighted by atomic mass is 9.94. The predicted molar refractivity (Wildman–Crippen MR) is 109 cm³/mol. The monoisotopic (exact) mass is 396 g/mol. The number of carboxylic acids is 1. The largest absolute Gasteiger partial charge is 0.493 e. The first-order chi connectivity index (χ1) is 13.4. The van der Waals surface area contributed by atoms with Crippen LogP contribution in [0.1, 0.15) is 34.8 Å². The topological polar surface area (TPSA) is 93.6 Å². The van der Waals surface area contributed by atoms with Crippen LogP contribution in [0.15, 0.2) is 47.3 Å². The highest BCUT2D eigenvalue weighted by atomic mass is 32.1. The Morgan fingerprint density at radius 2 is 2.00 bits per heavy atom. The highest BCUT2D eigenvalue weighted by molar-refractivity contribution is 7.13. The van der Waals surface area contributed by atoms with Crippen molar-refractivity contribution in [1.29, 1.82) is 0 Å². The number of aromatic amines is 1. The summed E-state index contributed by atoms with van der Waals surface area (Å²) < 4.78 is 0. The molecule has 28 heavy (non-hydrogen) atoms. The van der Waals surface area contributed by atoms with E-state index in [1.165, 1.54) is 5.56 Å². The molecular formula is C21H20N2O4S. The van der Waals surface area contributed by atoms with Crippen LogP contribution in [-0.2, 0) is 13.0 Å². The zero-order valence-corrected chi connectivity index (χ0v) is 16.1. The number of hydrogen-bond acceptors (Lipinski definition) is 5. The van der Waals surface area contributed by atoms with Gasteiger partial charge in [-0.1, -0.05) is 41.7 Å². The molecular weight excluding hydrogens is 376 g/mol. The minimum atomic E-state index is -0.921. The summed E-state index contributed by atoms with van der Waals surface area (Å²) in [4.78, 5) is 27.6. The molecule has 144 valence electrons. The Morgan fingerprint density at radius 3 is 2.64 bits per heavy atom. The fourth-order valence-corrected chi connectivity index (χ4v) is 4.38. The molecule has 3 N–H and O–H groups in total. The number of hydrogen-bond donors (Lipinski definition) is 3. The molecule has 0 saturated carbocycles. The lowest BCUT2D eigenvalue weighted by molar-refractivity contribution is 0.0697. The number of aromatic carboxylic acids is 1. The second-order valence-corrected chi connectivity index (χ2v) is 8.04. The van der Waals surface area contributed by atoms with Gasteiger partial charge < -0.3 is 15.1 Å². The lowest BCUT2D eigenvalue weighted by Crippen LogP contribution is -2.36. The van der Waals surface area contributed by atoms with Crippen LogP contribution in [0, 0.1) is 0 Å². The van der Waals surface area contributed by atoms with Gasteiger partial charge in [0.15, 0.2) is 0 Å². The summed E-state index contributed by atoms with van der Waals surface area (Å²) in [6.45, 7) is 2.81. The molecule has 0 fully saturated rings. The molecule has 7 heteroatoms. The molecule has 2 aromatic carbocycles. The average Bonchev–Trinajstić information content (AvgIpc) is 3.02. The Kier molecular flexibility index (Phi) is 4.68. The highest BCUT2D eigenvalue weighted by Gasteiger charge is 2.24. The summed E-state index contributed by atoms with van der Waals surface area (Å²) in [6.07, 6.45) is 1.96. The molecule has 0 amide bonds. The van der Waals surface area contributed by atoms with Crippen molar-refractivity contribution < 1.29 is 15.0 Å². The molecule has 1 atom stereocenters. The summed E-state index contributed by atoms with van der Waals surface area (Å²) in [6, 6.07) is 13.4. The van der Waals surface area contributed by atoms with Gasteiger partial charge in [0.25, 0.3) is 0 Å². The van der Waals surface area contributed by atoms with Crippen LogP contribution in [0.3, 0.4) is 0 Å². The Bertz CT molecular complexity index is 1080. The number of thiazole rings is 1. The number of anilines is 1. The zero-order chi connectivity index (χ0) is 19.8. The predicted octanol–water partition coefficient (Wildman–Crippen LogP) is 3.85. The van der Waals surface area contributed by atoms with Gasteiger partial charge in [-0.15, -0.1) is 0 Å². The number of carbonyl (C=O) groups is 1. The number of nitrogens with zero attached hydrogens (tertiary/aromatic N) is 1. The number of fused-ring (bicyclic) bond motifs is 1. The quantitative estimate of drug-likeness (QED) is 0.623. The summed E-state index contributed by atoms with van der Waals surface area (Å²) in [5.74, 6) is -1.03. The van der Waals surface area contributed by atoms with Crippen LogP contribution in [0.5, 0.6) is 5.88 Å². The normalized spacial score (nSPS) is 16.0. The van der Waals surface area contributed by atoms with Crippen LogP contribution < -0.4 is 9.77 Å². The van der Waals surface area contributed by atoms with E-state index in [1.54, 1.807) is 12.1 Å². The first kappa shape index (κ1) is 18.3. The van der Waals surface area contributed by atoms with Crippen molar-refractivity contribution in [2.45, 2.75) is 32.4 Å². The molecule has 0 spiro atoms. The number of rotatable bonds is 4. The maximum absolute atomic E-state index is 11.4. The smallest absolute Gasteiger partial charge is 0.335 e. The molecule has 0 saturated heterocycles. The lowest BCUT2D eigenvalue weighted by Gasteiger charge is -2.37. The third kappa shape index (κ3) is 3.41. The summed E-state index contributed by atoms with van der Waals surface area (Å²) in [5, 5.41) is 19.2. The summed E-state index contributed by atoms with van der Waals surface area (Å²) in [7, 11) is 0. The average molecular weight is 396 g/mol. The maximum Gasteiger partial charge on any atom is 0.335 e. The van der Waals surface area contributed by atoms with Crippen LogP contribution >= 0.6 is 11.3 Å². The van der Waals surface area contributed by atoms with Gasteiger partial charge in [0, 0.05) is 18.3 Å². The van der Waals surface area contributed by atoms with E-state index >= 15 is 0 Å². The van der Waals surface area contributed by atoms with Crippen molar-refractivity contribution in [3.05, 3.63) is 68.8 Å². The SMILES string of the molecule is CC1CCc2ccc(C(=O)O)cc2N1Cc1ccc(-c2sc(=O)[nH]c2O)cc1. The van der Waals surface area contributed by atoms with E-state index in [2.05, 4.69) is 16.8 Å². The van der Waals surface area contributed by atoms with Crippen molar-refractivity contribution in [2.24, 2.45) is 0 Å². The number of H-pyrrole nitrogens is 1. The Labute approximate surface area is 165 Å². The summed E-state index contributed by atoms with van der Waals surface area (Å²) in [5.41, 5.74) is 4.30. The first-order valence-corrected chi connectivity index (χ1v) is 9.88. The molecule has 4 rings (SSSR count). The van der Waals surface area contributed by atoms with Crippen molar-refractivity contribution in [3.8, 4) is 16.3 Å². The third-order valence-electron chi connectivity index (χ3n) is 5.20. The van der Waals surface area contributed by atoms with E-state index in [4.69, 9.17) is 0 Å². The minimum Gasteiger partial charge on any atom is -0.493 e. The summed E-state index contributed by atoms with van der Waals surface area (Å²) >= 11 is 0.977.